The number of hydrogen-bond acceptors (Lipinski definition) is 3. The Morgan fingerprint density at radius 1 is 1.29 bits per heavy atom. The molecular weight excluding hydrogens is 252 g/mol. The van der Waals surface area contributed by atoms with Crippen LogP contribution in [-0.4, -0.2) is 12.0 Å². The zero-order chi connectivity index (χ0) is 12.3. The third-order valence-electron chi connectivity index (χ3n) is 2.97. The van der Waals surface area contributed by atoms with Crippen LogP contribution >= 0.6 is 22.9 Å². The molecule has 17 heavy (non-hydrogen) atoms. The van der Waals surface area contributed by atoms with Crippen molar-refractivity contribution in [3.05, 3.63) is 51.4 Å². The lowest BCUT2D eigenvalue weighted by Crippen LogP contribution is -2.21. The van der Waals surface area contributed by atoms with E-state index in [4.69, 9.17) is 11.6 Å². The number of hydrogen-bond donors (Lipinski definition) is 1. The van der Waals surface area contributed by atoms with Gasteiger partial charge in [-0.15, -0.1) is 11.3 Å². The van der Waals surface area contributed by atoms with Gasteiger partial charge in [-0.2, -0.15) is 0 Å². The fourth-order valence-corrected chi connectivity index (χ4v) is 3.38. The van der Waals surface area contributed by atoms with Crippen molar-refractivity contribution in [2.45, 2.75) is 18.9 Å². The molecule has 0 aromatic carbocycles. The summed E-state index contributed by atoms with van der Waals surface area (Å²) in [7, 11) is 1.97. The third kappa shape index (κ3) is 2.68. The molecule has 0 aliphatic rings. The number of thiophene rings is 1. The number of nitrogens with zero attached hydrogens (tertiary/aromatic N) is 1. The Morgan fingerprint density at radius 2 is 2.00 bits per heavy atom. The molecule has 1 N–H and O–H groups in total. The van der Waals surface area contributed by atoms with Gasteiger partial charge in [0.2, 0.25) is 0 Å². The van der Waals surface area contributed by atoms with E-state index in [1.165, 1.54) is 10.4 Å². The molecule has 0 spiro atoms. The van der Waals surface area contributed by atoms with Gasteiger partial charge in [-0.1, -0.05) is 18.5 Å². The molecule has 2 nitrogen and oxygen atoms in total. The molecule has 0 aliphatic heterocycles. The first-order valence-electron chi connectivity index (χ1n) is 5.54. The number of halogens is 1. The molecule has 2 aromatic rings. The average molecular weight is 267 g/mol. The Kier molecular flexibility index (Phi) is 4.15. The van der Waals surface area contributed by atoms with Gasteiger partial charge in [-0.05, 0) is 36.2 Å². The Balaban J connectivity index is 2.28. The first-order chi connectivity index (χ1) is 8.24. The van der Waals surface area contributed by atoms with Crippen molar-refractivity contribution in [1.82, 2.24) is 10.3 Å². The van der Waals surface area contributed by atoms with Crippen molar-refractivity contribution in [2.24, 2.45) is 0 Å². The van der Waals surface area contributed by atoms with E-state index in [0.29, 0.717) is 5.92 Å². The molecule has 0 amide bonds. The summed E-state index contributed by atoms with van der Waals surface area (Å²) in [6.07, 6.45) is 3.66. The molecule has 2 aromatic heterocycles. The van der Waals surface area contributed by atoms with Gasteiger partial charge in [0, 0.05) is 29.2 Å². The van der Waals surface area contributed by atoms with Gasteiger partial charge < -0.3 is 5.32 Å². The van der Waals surface area contributed by atoms with Crippen molar-refractivity contribution >= 4 is 22.9 Å². The summed E-state index contributed by atoms with van der Waals surface area (Å²) < 4.78 is 0. The summed E-state index contributed by atoms with van der Waals surface area (Å²) in [5, 5.41) is 6.22. The SMILES string of the molecule is CNC(c1sccc1Cl)C(C)c1ccncc1. The summed E-state index contributed by atoms with van der Waals surface area (Å²) in [6, 6.07) is 6.29. The molecule has 4 heteroatoms. The van der Waals surface area contributed by atoms with Gasteiger partial charge in [0.15, 0.2) is 0 Å². The van der Waals surface area contributed by atoms with E-state index < -0.39 is 0 Å². The molecule has 2 rings (SSSR count). The minimum Gasteiger partial charge on any atom is -0.312 e. The van der Waals surface area contributed by atoms with Crippen LogP contribution in [0.4, 0.5) is 0 Å². The second kappa shape index (κ2) is 5.63. The molecule has 0 bridgehead atoms. The largest absolute Gasteiger partial charge is 0.312 e. The Hall–Kier alpha value is -0.900. The van der Waals surface area contributed by atoms with Gasteiger partial charge in [0.1, 0.15) is 0 Å². The molecule has 0 saturated carbocycles. The van der Waals surface area contributed by atoms with Gasteiger partial charge in [0.05, 0.1) is 5.02 Å². The van der Waals surface area contributed by atoms with E-state index in [2.05, 4.69) is 29.4 Å². The van der Waals surface area contributed by atoms with Crippen molar-refractivity contribution in [3.63, 3.8) is 0 Å². The Morgan fingerprint density at radius 3 is 2.53 bits per heavy atom. The van der Waals surface area contributed by atoms with Gasteiger partial charge in [-0.3, -0.25) is 4.98 Å². The highest BCUT2D eigenvalue weighted by Crippen LogP contribution is 2.36. The van der Waals surface area contributed by atoms with E-state index in [9.17, 15) is 0 Å². The molecule has 0 aliphatic carbocycles. The standard InChI is InChI=1S/C13H15ClN2S/c1-9(10-3-6-16-7-4-10)12(15-2)13-11(14)5-8-17-13/h3-9,12,15H,1-2H3. The zero-order valence-electron chi connectivity index (χ0n) is 9.85. The molecule has 0 fully saturated rings. The van der Waals surface area contributed by atoms with Crippen LogP contribution in [0.3, 0.4) is 0 Å². The molecule has 2 unspecified atom stereocenters. The van der Waals surface area contributed by atoms with Crippen LogP contribution in [-0.2, 0) is 0 Å². The Labute approximate surface area is 111 Å². The number of likely N-dealkylation sites (N-methyl/N-ethyl adjacent to an activating group) is 1. The summed E-state index contributed by atoms with van der Waals surface area (Å²) in [4.78, 5) is 5.24. The minimum absolute atomic E-state index is 0.241. The monoisotopic (exact) mass is 266 g/mol. The number of rotatable bonds is 4. The molecule has 90 valence electrons. The molecule has 0 saturated heterocycles. The van der Waals surface area contributed by atoms with Crippen LogP contribution in [0.1, 0.15) is 29.3 Å². The quantitative estimate of drug-likeness (QED) is 0.909. The van der Waals surface area contributed by atoms with Crippen molar-refractivity contribution in [2.75, 3.05) is 7.05 Å². The van der Waals surface area contributed by atoms with E-state index in [-0.39, 0.29) is 6.04 Å². The van der Waals surface area contributed by atoms with Gasteiger partial charge in [-0.25, -0.2) is 0 Å². The zero-order valence-corrected chi connectivity index (χ0v) is 11.4. The highest BCUT2D eigenvalue weighted by atomic mass is 35.5. The van der Waals surface area contributed by atoms with Gasteiger partial charge >= 0.3 is 0 Å². The molecule has 2 heterocycles. The smallest absolute Gasteiger partial charge is 0.0561 e. The maximum absolute atomic E-state index is 6.20. The Bertz CT molecular complexity index is 469. The predicted molar refractivity (Wildman–Crippen MR) is 73.8 cm³/mol. The van der Waals surface area contributed by atoms with Crippen molar-refractivity contribution in [3.8, 4) is 0 Å². The number of nitrogens with one attached hydrogen (secondary N) is 1. The van der Waals surface area contributed by atoms with Gasteiger partial charge in [0.25, 0.3) is 0 Å². The molecular formula is C13H15ClN2S. The maximum atomic E-state index is 6.20. The lowest BCUT2D eigenvalue weighted by atomic mass is 9.93. The second-order valence-electron chi connectivity index (χ2n) is 3.97. The number of aromatic nitrogens is 1. The average Bonchev–Trinajstić information content (AvgIpc) is 2.78. The van der Waals surface area contributed by atoms with Crippen LogP contribution in [0.2, 0.25) is 5.02 Å². The minimum atomic E-state index is 0.241. The van der Waals surface area contributed by atoms with E-state index >= 15 is 0 Å². The van der Waals surface area contributed by atoms with E-state index in [0.717, 1.165) is 5.02 Å². The van der Waals surface area contributed by atoms with Crippen LogP contribution in [0.5, 0.6) is 0 Å². The van der Waals surface area contributed by atoms with Crippen molar-refractivity contribution < 1.29 is 0 Å². The summed E-state index contributed by atoms with van der Waals surface area (Å²) in [6.45, 7) is 2.20. The highest BCUT2D eigenvalue weighted by molar-refractivity contribution is 7.10. The van der Waals surface area contributed by atoms with Crippen LogP contribution in [0.25, 0.3) is 0 Å². The molecule has 0 radical (unpaired) electrons. The number of pyridine rings is 1. The lowest BCUT2D eigenvalue weighted by Gasteiger charge is -2.23. The van der Waals surface area contributed by atoms with Crippen LogP contribution < -0.4 is 5.32 Å². The fourth-order valence-electron chi connectivity index (χ4n) is 1.99. The lowest BCUT2D eigenvalue weighted by molar-refractivity contribution is 0.515. The first kappa shape index (κ1) is 12.6. The topological polar surface area (TPSA) is 24.9 Å². The molecule has 2 atom stereocenters. The fraction of sp³-hybridized carbons (Fsp3) is 0.308. The third-order valence-corrected chi connectivity index (χ3v) is 4.41. The van der Waals surface area contributed by atoms with Crippen LogP contribution in [0, 0.1) is 0 Å². The summed E-state index contributed by atoms with van der Waals surface area (Å²) >= 11 is 7.90. The maximum Gasteiger partial charge on any atom is 0.0561 e. The predicted octanol–water partition coefficient (Wildman–Crippen LogP) is 3.86. The highest BCUT2D eigenvalue weighted by Gasteiger charge is 2.22. The van der Waals surface area contributed by atoms with E-state index in [1.54, 1.807) is 11.3 Å². The van der Waals surface area contributed by atoms with Crippen molar-refractivity contribution in [1.29, 1.82) is 0 Å². The second-order valence-corrected chi connectivity index (χ2v) is 5.32. The normalized spacial score (nSPS) is 14.5. The first-order valence-corrected chi connectivity index (χ1v) is 6.80. The van der Waals surface area contributed by atoms with Crippen LogP contribution in [0.15, 0.2) is 36.0 Å². The summed E-state index contributed by atoms with van der Waals surface area (Å²) in [5.41, 5.74) is 1.27. The van der Waals surface area contributed by atoms with E-state index in [1.807, 2.05) is 30.9 Å². The summed E-state index contributed by atoms with van der Waals surface area (Å²) in [5.74, 6) is 0.360.